The Kier molecular flexibility index (Phi) is 6.48. The molecule has 1 aromatic heterocycles. The fourth-order valence-corrected chi connectivity index (χ4v) is 3.91. The van der Waals surface area contributed by atoms with E-state index in [9.17, 15) is 4.79 Å². The largest absolute Gasteiger partial charge is 0.300 e. The van der Waals surface area contributed by atoms with Gasteiger partial charge in [-0.1, -0.05) is 46.9 Å². The number of anilines is 1. The molecule has 0 fully saturated rings. The summed E-state index contributed by atoms with van der Waals surface area (Å²) in [5.74, 6) is 0.712. The van der Waals surface area contributed by atoms with Crippen molar-refractivity contribution in [2.24, 2.45) is 0 Å². The molecule has 1 amide bonds. The van der Waals surface area contributed by atoms with Crippen molar-refractivity contribution in [1.82, 2.24) is 10.2 Å². The van der Waals surface area contributed by atoms with E-state index in [2.05, 4.69) is 22.1 Å². The number of nitrogens with one attached hydrogen (secondary N) is 1. The van der Waals surface area contributed by atoms with Gasteiger partial charge in [0.15, 0.2) is 4.34 Å². The van der Waals surface area contributed by atoms with E-state index in [0.29, 0.717) is 5.13 Å². The Hall–Kier alpha value is -1.31. The fraction of sp³-hybridized carbons (Fsp3) is 0.267. The number of rotatable bonds is 7. The molecule has 116 valence electrons. The molecule has 22 heavy (non-hydrogen) atoms. The van der Waals surface area contributed by atoms with Gasteiger partial charge in [-0.25, -0.2) is 0 Å². The van der Waals surface area contributed by atoms with E-state index in [1.807, 2.05) is 44.2 Å². The SMILES string of the molecule is C=CCSc1nnc(NC(=O)[C@H](C)Sc2ccc(C)cc2)s1. The summed E-state index contributed by atoms with van der Waals surface area (Å²) in [5, 5.41) is 11.2. The minimum absolute atomic E-state index is 0.0676. The minimum atomic E-state index is -0.198. The van der Waals surface area contributed by atoms with Gasteiger partial charge < -0.3 is 0 Å². The molecule has 7 heteroatoms. The molecule has 2 aromatic rings. The van der Waals surface area contributed by atoms with Crippen molar-refractivity contribution in [1.29, 1.82) is 0 Å². The zero-order valence-corrected chi connectivity index (χ0v) is 14.9. The third-order valence-corrected chi connectivity index (χ3v) is 5.74. The zero-order valence-electron chi connectivity index (χ0n) is 12.4. The molecule has 0 saturated carbocycles. The average molecular weight is 352 g/mol. The van der Waals surface area contributed by atoms with E-state index < -0.39 is 0 Å². The van der Waals surface area contributed by atoms with Crippen molar-refractivity contribution in [3.8, 4) is 0 Å². The summed E-state index contributed by atoms with van der Waals surface area (Å²) in [6.45, 7) is 7.59. The Balaban J connectivity index is 1.89. The first-order valence-electron chi connectivity index (χ1n) is 6.70. The number of nitrogens with zero attached hydrogens (tertiary/aromatic N) is 2. The van der Waals surface area contributed by atoms with Crippen LogP contribution in [-0.2, 0) is 4.79 Å². The predicted molar refractivity (Wildman–Crippen MR) is 96.0 cm³/mol. The standard InChI is InChI=1S/C15H17N3OS3/c1-4-9-20-15-18-17-14(22-15)16-13(19)11(3)21-12-7-5-10(2)6-8-12/h4-8,11H,1,9H2,2-3H3,(H,16,17,19)/t11-/m0/s1. The second-order valence-electron chi connectivity index (χ2n) is 4.54. The van der Waals surface area contributed by atoms with Crippen LogP contribution in [0.3, 0.4) is 0 Å². The lowest BCUT2D eigenvalue weighted by Gasteiger charge is -2.10. The minimum Gasteiger partial charge on any atom is -0.300 e. The molecule has 1 atom stereocenters. The van der Waals surface area contributed by atoms with Gasteiger partial charge in [-0.2, -0.15) is 0 Å². The number of benzene rings is 1. The van der Waals surface area contributed by atoms with Crippen LogP contribution in [0.25, 0.3) is 0 Å². The number of aromatic nitrogens is 2. The topological polar surface area (TPSA) is 54.9 Å². The van der Waals surface area contributed by atoms with Gasteiger partial charge >= 0.3 is 0 Å². The molecule has 0 spiro atoms. The number of hydrogen-bond donors (Lipinski definition) is 1. The van der Waals surface area contributed by atoms with Crippen LogP contribution in [0.5, 0.6) is 0 Å². The molecule has 2 rings (SSSR count). The van der Waals surface area contributed by atoms with E-state index in [1.54, 1.807) is 11.8 Å². The molecule has 0 aliphatic carbocycles. The van der Waals surface area contributed by atoms with E-state index in [-0.39, 0.29) is 11.2 Å². The molecular formula is C15H17N3OS3. The highest BCUT2D eigenvalue weighted by molar-refractivity contribution is 8.01. The summed E-state index contributed by atoms with van der Waals surface area (Å²) in [5.41, 5.74) is 1.21. The monoisotopic (exact) mass is 351 g/mol. The van der Waals surface area contributed by atoms with Gasteiger partial charge in [0.25, 0.3) is 0 Å². The first-order valence-corrected chi connectivity index (χ1v) is 9.38. The van der Waals surface area contributed by atoms with Crippen LogP contribution in [-0.4, -0.2) is 27.1 Å². The maximum atomic E-state index is 12.2. The van der Waals surface area contributed by atoms with Gasteiger partial charge in [0.1, 0.15) is 0 Å². The Morgan fingerprint density at radius 3 is 2.82 bits per heavy atom. The number of hydrogen-bond acceptors (Lipinski definition) is 6. The zero-order chi connectivity index (χ0) is 15.9. The van der Waals surface area contributed by atoms with E-state index in [4.69, 9.17) is 0 Å². The molecule has 0 aliphatic heterocycles. The van der Waals surface area contributed by atoms with Crippen LogP contribution in [0.2, 0.25) is 0 Å². The summed E-state index contributed by atoms with van der Waals surface area (Å²) in [6, 6.07) is 8.14. The van der Waals surface area contributed by atoms with Gasteiger partial charge in [0.2, 0.25) is 11.0 Å². The number of aryl methyl sites for hydroxylation is 1. The van der Waals surface area contributed by atoms with Crippen molar-refractivity contribution in [2.45, 2.75) is 28.3 Å². The highest BCUT2D eigenvalue weighted by Crippen LogP contribution is 2.27. The van der Waals surface area contributed by atoms with Crippen LogP contribution in [0, 0.1) is 6.92 Å². The van der Waals surface area contributed by atoms with E-state index >= 15 is 0 Å². The van der Waals surface area contributed by atoms with Crippen LogP contribution >= 0.6 is 34.9 Å². The van der Waals surface area contributed by atoms with Gasteiger partial charge in [-0.15, -0.1) is 28.5 Å². The summed E-state index contributed by atoms with van der Waals surface area (Å²) >= 11 is 4.46. The van der Waals surface area contributed by atoms with Crippen molar-refractivity contribution in [2.75, 3.05) is 11.1 Å². The van der Waals surface area contributed by atoms with E-state index in [1.165, 1.54) is 28.7 Å². The Bertz CT molecular complexity index is 640. The van der Waals surface area contributed by atoms with Gasteiger partial charge in [-0.05, 0) is 26.0 Å². The second-order valence-corrected chi connectivity index (χ2v) is 8.19. The van der Waals surface area contributed by atoms with Gasteiger partial charge in [-0.3, -0.25) is 10.1 Å². The maximum Gasteiger partial charge on any atom is 0.239 e. The van der Waals surface area contributed by atoms with Crippen molar-refractivity contribution in [3.05, 3.63) is 42.5 Å². The molecule has 0 saturated heterocycles. The van der Waals surface area contributed by atoms with Crippen molar-refractivity contribution in [3.63, 3.8) is 0 Å². The summed E-state index contributed by atoms with van der Waals surface area (Å²) in [6.07, 6.45) is 1.81. The molecule has 0 aliphatic rings. The number of amides is 1. The third-order valence-electron chi connectivity index (χ3n) is 2.66. The number of carbonyl (C=O) groups excluding carboxylic acids is 1. The normalized spacial score (nSPS) is 11.9. The Morgan fingerprint density at radius 1 is 1.41 bits per heavy atom. The summed E-state index contributed by atoms with van der Waals surface area (Å²) in [7, 11) is 0. The van der Waals surface area contributed by atoms with E-state index in [0.717, 1.165) is 15.0 Å². The molecule has 4 nitrogen and oxygen atoms in total. The number of thioether (sulfide) groups is 2. The van der Waals surface area contributed by atoms with Crippen LogP contribution in [0.1, 0.15) is 12.5 Å². The summed E-state index contributed by atoms with van der Waals surface area (Å²) in [4.78, 5) is 13.3. The highest BCUT2D eigenvalue weighted by atomic mass is 32.2. The smallest absolute Gasteiger partial charge is 0.239 e. The summed E-state index contributed by atoms with van der Waals surface area (Å²) < 4.78 is 0.828. The van der Waals surface area contributed by atoms with Crippen molar-refractivity contribution < 1.29 is 4.79 Å². The highest BCUT2D eigenvalue weighted by Gasteiger charge is 2.16. The molecule has 1 N–H and O–H groups in total. The lowest BCUT2D eigenvalue weighted by Crippen LogP contribution is -2.22. The van der Waals surface area contributed by atoms with Crippen LogP contribution in [0.4, 0.5) is 5.13 Å². The quantitative estimate of drug-likeness (QED) is 0.459. The molecule has 0 unspecified atom stereocenters. The predicted octanol–water partition coefficient (Wildman–Crippen LogP) is 4.24. The second kappa shape index (κ2) is 8.36. The fourth-order valence-electron chi connectivity index (χ4n) is 1.53. The van der Waals surface area contributed by atoms with Gasteiger partial charge in [0, 0.05) is 10.6 Å². The first kappa shape index (κ1) is 17.1. The van der Waals surface area contributed by atoms with Crippen molar-refractivity contribution >= 4 is 45.9 Å². The van der Waals surface area contributed by atoms with Crippen LogP contribution in [0.15, 0.2) is 46.2 Å². The molecule has 0 radical (unpaired) electrons. The average Bonchev–Trinajstić information content (AvgIpc) is 2.95. The molecular weight excluding hydrogens is 334 g/mol. The van der Waals surface area contributed by atoms with Gasteiger partial charge in [0.05, 0.1) is 5.25 Å². The third kappa shape index (κ3) is 5.15. The Morgan fingerprint density at radius 2 is 2.14 bits per heavy atom. The first-order chi connectivity index (χ1) is 10.6. The molecule has 0 bridgehead atoms. The molecule has 1 heterocycles. The van der Waals surface area contributed by atoms with Crippen LogP contribution < -0.4 is 5.32 Å². The molecule has 1 aromatic carbocycles. The maximum absolute atomic E-state index is 12.2. The lowest BCUT2D eigenvalue weighted by atomic mass is 10.2. The number of carbonyl (C=O) groups is 1. The Labute approximate surface area is 142 Å². The lowest BCUT2D eigenvalue weighted by molar-refractivity contribution is -0.115.